The zero-order valence-electron chi connectivity index (χ0n) is 10.8. The average molecular weight is 401 g/mol. The Labute approximate surface area is 144 Å². The van der Waals surface area contributed by atoms with Gasteiger partial charge in [0.1, 0.15) is 10.3 Å². The highest BCUT2D eigenvalue weighted by molar-refractivity contribution is 9.10. The number of thiazole rings is 1. The minimum absolute atomic E-state index is 0.310. The smallest absolute Gasteiger partial charge is 0.191 e. The Hall–Kier alpha value is -1.01. The van der Waals surface area contributed by atoms with Crippen molar-refractivity contribution in [1.29, 1.82) is 0 Å². The summed E-state index contributed by atoms with van der Waals surface area (Å²) in [6.07, 6.45) is 0. The van der Waals surface area contributed by atoms with Gasteiger partial charge in [-0.3, -0.25) is 0 Å². The number of benzene rings is 1. The van der Waals surface area contributed by atoms with Crippen molar-refractivity contribution in [2.24, 2.45) is 0 Å². The summed E-state index contributed by atoms with van der Waals surface area (Å²) >= 11 is 17.6. The van der Waals surface area contributed by atoms with Crippen molar-refractivity contribution in [1.82, 2.24) is 15.0 Å². The van der Waals surface area contributed by atoms with Crippen LogP contribution in [-0.4, -0.2) is 15.0 Å². The summed E-state index contributed by atoms with van der Waals surface area (Å²) in [6, 6.07) is 7.65. The molecule has 0 saturated heterocycles. The van der Waals surface area contributed by atoms with E-state index in [4.69, 9.17) is 23.2 Å². The minimum atomic E-state index is 0.310. The fourth-order valence-electron chi connectivity index (χ4n) is 1.85. The number of aryl methyl sites for hydroxylation is 1. The lowest BCUT2D eigenvalue weighted by atomic mass is 10.1. The van der Waals surface area contributed by atoms with E-state index >= 15 is 0 Å². The number of hydrogen-bond donors (Lipinski definition) is 0. The number of hydrogen-bond acceptors (Lipinski definition) is 4. The zero-order valence-corrected chi connectivity index (χ0v) is 14.7. The zero-order chi connectivity index (χ0) is 15.0. The second kappa shape index (κ2) is 6.01. The van der Waals surface area contributed by atoms with Crippen molar-refractivity contribution >= 4 is 50.5 Å². The van der Waals surface area contributed by atoms with Crippen LogP contribution in [0.2, 0.25) is 10.3 Å². The lowest BCUT2D eigenvalue weighted by Crippen LogP contribution is -1.95. The van der Waals surface area contributed by atoms with Crippen LogP contribution in [0.1, 0.15) is 5.69 Å². The first kappa shape index (κ1) is 14.9. The molecule has 0 radical (unpaired) electrons. The van der Waals surface area contributed by atoms with Crippen LogP contribution in [-0.2, 0) is 0 Å². The quantitative estimate of drug-likeness (QED) is 0.522. The van der Waals surface area contributed by atoms with Crippen LogP contribution in [0.25, 0.3) is 22.0 Å². The molecule has 0 fully saturated rings. The molecule has 2 heterocycles. The van der Waals surface area contributed by atoms with Crippen LogP contribution >= 0.6 is 50.5 Å². The second-order valence-corrected chi connectivity index (χ2v) is 6.71. The maximum absolute atomic E-state index is 6.32. The third kappa shape index (κ3) is 2.97. The van der Waals surface area contributed by atoms with E-state index in [0.29, 0.717) is 26.7 Å². The van der Waals surface area contributed by atoms with Crippen LogP contribution in [0.3, 0.4) is 0 Å². The summed E-state index contributed by atoms with van der Waals surface area (Å²) in [6.45, 7) is 1.92. The lowest BCUT2D eigenvalue weighted by Gasteiger charge is -2.09. The summed E-state index contributed by atoms with van der Waals surface area (Å²) < 4.78 is 0.884. The highest BCUT2D eigenvalue weighted by atomic mass is 79.9. The van der Waals surface area contributed by atoms with Crippen molar-refractivity contribution in [3.05, 3.63) is 50.1 Å². The molecule has 2 aromatic heterocycles. The molecule has 0 bridgehead atoms. The van der Waals surface area contributed by atoms with Crippen molar-refractivity contribution in [3.63, 3.8) is 0 Å². The molecule has 0 aliphatic rings. The van der Waals surface area contributed by atoms with Gasteiger partial charge in [-0.2, -0.15) is 0 Å². The van der Waals surface area contributed by atoms with Crippen molar-refractivity contribution in [2.75, 3.05) is 0 Å². The summed E-state index contributed by atoms with van der Waals surface area (Å²) in [5, 5.41) is 3.26. The average Bonchev–Trinajstić information content (AvgIpc) is 2.87. The Morgan fingerprint density at radius 1 is 1.05 bits per heavy atom. The van der Waals surface area contributed by atoms with Crippen molar-refractivity contribution < 1.29 is 0 Å². The topological polar surface area (TPSA) is 38.7 Å². The van der Waals surface area contributed by atoms with E-state index in [-0.39, 0.29) is 0 Å². The Balaban J connectivity index is 2.15. The van der Waals surface area contributed by atoms with Gasteiger partial charge in [-0.05, 0) is 13.0 Å². The summed E-state index contributed by atoms with van der Waals surface area (Å²) in [7, 11) is 0. The van der Waals surface area contributed by atoms with Gasteiger partial charge in [0.15, 0.2) is 10.8 Å². The summed E-state index contributed by atoms with van der Waals surface area (Å²) in [4.78, 5) is 13.0. The molecule has 0 unspecified atom stereocenters. The van der Waals surface area contributed by atoms with Crippen molar-refractivity contribution in [3.8, 4) is 22.0 Å². The molecule has 21 heavy (non-hydrogen) atoms. The number of aromatic nitrogens is 3. The predicted molar refractivity (Wildman–Crippen MR) is 91.0 cm³/mol. The second-order valence-electron chi connectivity index (χ2n) is 4.28. The normalized spacial score (nSPS) is 10.9. The first-order valence-electron chi connectivity index (χ1n) is 5.96. The van der Waals surface area contributed by atoms with Gasteiger partial charge in [0, 0.05) is 21.1 Å². The summed E-state index contributed by atoms with van der Waals surface area (Å²) in [5.41, 5.74) is 2.39. The molecule has 0 aliphatic carbocycles. The van der Waals surface area contributed by atoms with Crippen LogP contribution < -0.4 is 0 Å². The molecule has 0 aliphatic heterocycles. The monoisotopic (exact) mass is 399 g/mol. The first-order chi connectivity index (χ1) is 10.1. The van der Waals surface area contributed by atoms with Gasteiger partial charge in [-0.15, -0.1) is 11.3 Å². The number of halogens is 3. The molecule has 1 aromatic carbocycles. The first-order valence-corrected chi connectivity index (χ1v) is 8.39. The molecule has 0 spiro atoms. The van der Waals surface area contributed by atoms with Gasteiger partial charge in [0.2, 0.25) is 0 Å². The molecule has 0 atom stereocenters. The molecular formula is C14H8BrCl2N3S. The standard InChI is InChI=1S/C14H8BrCl2N3S/c1-7-6-21-14(18-7)13-19-11(16)10(12(17)20-13)8-4-2-3-5-9(8)15/h2-6H,1H3. The summed E-state index contributed by atoms with van der Waals surface area (Å²) in [5.74, 6) is 0.443. The van der Waals surface area contributed by atoms with Crippen molar-refractivity contribution in [2.45, 2.75) is 6.92 Å². The van der Waals surface area contributed by atoms with E-state index < -0.39 is 0 Å². The molecule has 3 aromatic rings. The van der Waals surface area contributed by atoms with Gasteiger partial charge >= 0.3 is 0 Å². The predicted octanol–water partition coefficient (Wildman–Crippen LogP) is 5.64. The fraction of sp³-hybridized carbons (Fsp3) is 0.0714. The van der Waals surface area contributed by atoms with Crippen LogP contribution in [0, 0.1) is 6.92 Å². The largest absolute Gasteiger partial charge is 0.238 e. The third-order valence-corrected chi connectivity index (χ3v) is 4.97. The Bertz CT molecular complexity index is 796. The molecule has 0 saturated carbocycles. The molecule has 3 nitrogen and oxygen atoms in total. The Morgan fingerprint density at radius 2 is 1.71 bits per heavy atom. The van der Waals surface area contributed by atoms with E-state index in [1.165, 1.54) is 11.3 Å². The Morgan fingerprint density at radius 3 is 2.29 bits per heavy atom. The lowest BCUT2D eigenvalue weighted by molar-refractivity contribution is 1.15. The van der Waals surface area contributed by atoms with E-state index in [9.17, 15) is 0 Å². The molecule has 106 valence electrons. The van der Waals surface area contributed by atoms with Gasteiger partial charge in [-0.25, -0.2) is 15.0 Å². The molecule has 3 rings (SSSR count). The molecule has 7 heteroatoms. The van der Waals surface area contributed by atoms with Gasteiger partial charge in [0.05, 0.1) is 5.56 Å². The minimum Gasteiger partial charge on any atom is -0.238 e. The SMILES string of the molecule is Cc1csc(-c2nc(Cl)c(-c3ccccc3Br)c(Cl)n2)n1. The molecule has 0 N–H and O–H groups in total. The van der Waals surface area contributed by atoms with Crippen LogP contribution in [0.15, 0.2) is 34.1 Å². The van der Waals surface area contributed by atoms with E-state index in [1.54, 1.807) is 0 Å². The highest BCUT2D eigenvalue weighted by Gasteiger charge is 2.17. The van der Waals surface area contributed by atoms with Crippen LogP contribution in [0.5, 0.6) is 0 Å². The highest BCUT2D eigenvalue weighted by Crippen LogP contribution is 2.38. The van der Waals surface area contributed by atoms with Gasteiger partial charge < -0.3 is 0 Å². The van der Waals surface area contributed by atoms with Crippen LogP contribution in [0.4, 0.5) is 0 Å². The molecular weight excluding hydrogens is 393 g/mol. The maximum atomic E-state index is 6.32. The number of nitrogens with zero attached hydrogens (tertiary/aromatic N) is 3. The van der Waals surface area contributed by atoms with E-state index in [0.717, 1.165) is 15.7 Å². The third-order valence-electron chi connectivity index (χ3n) is 2.77. The van der Waals surface area contributed by atoms with E-state index in [2.05, 4.69) is 30.9 Å². The Kier molecular flexibility index (Phi) is 4.26. The van der Waals surface area contributed by atoms with Gasteiger partial charge in [0.25, 0.3) is 0 Å². The maximum Gasteiger partial charge on any atom is 0.191 e. The molecule has 0 amide bonds. The fourth-order valence-corrected chi connectivity index (χ4v) is 3.65. The number of rotatable bonds is 2. The van der Waals surface area contributed by atoms with Gasteiger partial charge in [-0.1, -0.05) is 57.3 Å². The van der Waals surface area contributed by atoms with E-state index in [1.807, 2.05) is 36.6 Å².